The topological polar surface area (TPSA) is 32.8 Å². The molecule has 342 valence electrons. The number of hydrogen-bond donors (Lipinski definition) is 0. The Bertz CT molecular complexity index is 3510. The van der Waals surface area contributed by atoms with Crippen molar-refractivity contribution in [3.8, 4) is 43.1 Å². The van der Waals surface area contributed by atoms with Gasteiger partial charge in [0.25, 0.3) is 0 Å². The summed E-state index contributed by atoms with van der Waals surface area (Å²) in [6, 6.07) is 75.5. The highest BCUT2D eigenvalue weighted by Gasteiger charge is 2.17. The number of carbonyl (C=O) groups is 1. The Hall–Kier alpha value is -7.55. The first-order chi connectivity index (χ1) is 34.5. The van der Waals surface area contributed by atoms with E-state index in [2.05, 4.69) is 234 Å². The molecule has 0 radical (unpaired) electrons. The van der Waals surface area contributed by atoms with Crippen LogP contribution in [0.2, 0.25) is 0 Å². The normalized spacial score (nSPS) is 11.3. The van der Waals surface area contributed by atoms with Gasteiger partial charge in [-0.15, -0.1) is 34.0 Å². The minimum Gasteiger partial charge on any atom is -0.469 e. The highest BCUT2D eigenvalue weighted by molar-refractivity contribution is 7.25. The molecule has 70 heavy (non-hydrogen) atoms. The maximum atomic E-state index is 11.8. The van der Waals surface area contributed by atoms with Gasteiger partial charge in [-0.25, -0.2) is 0 Å². The van der Waals surface area contributed by atoms with Crippen LogP contribution >= 0.6 is 34.0 Å². The Kier molecular flexibility index (Phi) is 13.0. The summed E-state index contributed by atoms with van der Waals surface area (Å²) in [4.78, 5) is 19.0. The van der Waals surface area contributed by atoms with Crippen molar-refractivity contribution in [2.75, 3.05) is 16.9 Å². The lowest BCUT2D eigenvalue weighted by molar-refractivity contribution is -0.140. The van der Waals surface area contributed by atoms with Crippen LogP contribution in [0.3, 0.4) is 0 Å². The van der Waals surface area contributed by atoms with Crippen LogP contribution in [0.15, 0.2) is 217 Å². The van der Waals surface area contributed by atoms with E-state index in [4.69, 9.17) is 4.74 Å². The molecule has 0 bridgehead atoms. The minimum absolute atomic E-state index is 0.199. The number of carbonyl (C=O) groups excluding carboxylic acids is 1. The van der Waals surface area contributed by atoms with Crippen LogP contribution in [0.25, 0.3) is 63.3 Å². The number of nitrogens with zero attached hydrogens (tertiary/aromatic N) is 2. The lowest BCUT2D eigenvalue weighted by Crippen LogP contribution is -2.10. The molecule has 0 saturated heterocycles. The van der Waals surface area contributed by atoms with Gasteiger partial charge in [0.05, 0.1) is 7.11 Å². The van der Waals surface area contributed by atoms with Gasteiger partial charge in [0.15, 0.2) is 0 Å². The van der Waals surface area contributed by atoms with E-state index in [9.17, 15) is 4.79 Å². The van der Waals surface area contributed by atoms with E-state index >= 15 is 0 Å². The molecule has 0 atom stereocenters. The second kappa shape index (κ2) is 20.2. The van der Waals surface area contributed by atoms with E-state index in [0.717, 1.165) is 52.5 Å². The molecule has 3 aromatic heterocycles. The van der Waals surface area contributed by atoms with E-state index in [1.165, 1.54) is 76.0 Å². The van der Waals surface area contributed by atoms with E-state index in [-0.39, 0.29) is 5.97 Å². The first-order valence-corrected chi connectivity index (χ1v) is 26.4. The Balaban J connectivity index is 0.856. The van der Waals surface area contributed by atoms with Gasteiger partial charge in [0.2, 0.25) is 0 Å². The number of hydrogen-bond acceptors (Lipinski definition) is 7. The van der Waals surface area contributed by atoms with Gasteiger partial charge in [-0.05, 0) is 165 Å². The molecule has 3 heterocycles. The highest BCUT2D eigenvalue weighted by atomic mass is 32.1. The zero-order valence-electron chi connectivity index (χ0n) is 39.0. The summed E-state index contributed by atoms with van der Waals surface area (Å²) in [5.74, 6) is -0.199. The van der Waals surface area contributed by atoms with Gasteiger partial charge < -0.3 is 14.5 Å². The van der Waals surface area contributed by atoms with Crippen molar-refractivity contribution in [1.29, 1.82) is 0 Å². The van der Waals surface area contributed by atoms with Gasteiger partial charge in [-0.3, -0.25) is 4.79 Å². The van der Waals surface area contributed by atoms with Crippen molar-refractivity contribution in [2.45, 2.75) is 32.6 Å². The molecule has 0 unspecified atom stereocenters. The number of aryl methyl sites for hydroxylation is 2. The van der Waals surface area contributed by atoms with Crippen LogP contribution in [0.4, 0.5) is 34.1 Å². The van der Waals surface area contributed by atoms with Crippen LogP contribution in [0.5, 0.6) is 0 Å². The third-order valence-corrected chi connectivity index (χ3v) is 16.0. The summed E-state index contributed by atoms with van der Waals surface area (Å²) in [6.07, 6.45) is 3.21. The molecular formula is C63H50N2O2S3. The molecule has 0 fully saturated rings. The number of thiophene rings is 3. The number of esters is 1. The SMILES string of the molecule is CCCc1ccc(N(c2ccc(-c3ccc4c(c3)sc3cc(-c5ccc(N(c6ccc(CCC(=O)OC)cc6)c6ccc(-c7cccs7)cc6)cc5)ccc34)cc2)c2ccc(-c3cccs3)cc2)cc1. The summed E-state index contributed by atoms with van der Waals surface area (Å²) >= 11 is 5.37. The average Bonchev–Trinajstić information content (AvgIpc) is 4.23. The lowest BCUT2D eigenvalue weighted by atomic mass is 10.0. The zero-order valence-corrected chi connectivity index (χ0v) is 41.5. The fraction of sp³-hybridized carbons (Fsp3) is 0.0952. The minimum atomic E-state index is -0.199. The molecule has 0 aliphatic heterocycles. The zero-order chi connectivity index (χ0) is 47.4. The Morgan fingerprint density at radius 1 is 0.429 bits per heavy atom. The number of anilines is 6. The highest BCUT2D eigenvalue weighted by Crippen LogP contribution is 2.42. The number of fused-ring (bicyclic) bond motifs is 3. The van der Waals surface area contributed by atoms with Crippen molar-refractivity contribution in [1.82, 2.24) is 0 Å². The van der Waals surface area contributed by atoms with Crippen molar-refractivity contribution < 1.29 is 9.53 Å². The van der Waals surface area contributed by atoms with Crippen molar-refractivity contribution >= 4 is 94.3 Å². The fourth-order valence-corrected chi connectivity index (χ4v) is 12.0. The summed E-state index contributed by atoms with van der Waals surface area (Å²) in [6.45, 7) is 2.23. The summed E-state index contributed by atoms with van der Waals surface area (Å²) in [5, 5.41) is 6.81. The van der Waals surface area contributed by atoms with Crippen molar-refractivity contribution in [3.05, 3.63) is 228 Å². The number of methoxy groups -OCH3 is 1. The van der Waals surface area contributed by atoms with Crippen LogP contribution < -0.4 is 9.80 Å². The van der Waals surface area contributed by atoms with Gasteiger partial charge in [0, 0.05) is 70.5 Å². The number of benzene rings is 8. The third kappa shape index (κ3) is 9.44. The second-order valence-corrected chi connectivity index (χ2v) is 20.5. The molecule has 4 nitrogen and oxygen atoms in total. The largest absolute Gasteiger partial charge is 0.469 e. The van der Waals surface area contributed by atoms with Gasteiger partial charge in [-0.2, -0.15) is 0 Å². The molecule has 0 saturated carbocycles. The first-order valence-electron chi connectivity index (χ1n) is 23.8. The smallest absolute Gasteiger partial charge is 0.305 e. The molecular weight excluding hydrogens is 913 g/mol. The van der Waals surface area contributed by atoms with Gasteiger partial charge >= 0.3 is 5.97 Å². The van der Waals surface area contributed by atoms with E-state index in [1.54, 1.807) is 22.7 Å². The quantitative estimate of drug-likeness (QED) is 0.0959. The van der Waals surface area contributed by atoms with E-state index < -0.39 is 0 Å². The predicted molar refractivity (Wildman–Crippen MR) is 301 cm³/mol. The Labute approximate surface area is 422 Å². The summed E-state index contributed by atoms with van der Waals surface area (Å²) < 4.78 is 7.43. The fourth-order valence-electron chi connectivity index (χ4n) is 9.33. The second-order valence-electron chi connectivity index (χ2n) is 17.5. The molecule has 8 aromatic carbocycles. The molecule has 0 amide bonds. The van der Waals surface area contributed by atoms with Gasteiger partial charge in [0.1, 0.15) is 0 Å². The monoisotopic (exact) mass is 962 g/mol. The average molecular weight is 963 g/mol. The standard InChI is InChI=1S/C63H50N2O2S3/c1-3-6-43-9-24-51(25-10-43)64(55-32-18-47(19-33-55)59-7-4-39-68-59)53-28-14-45(15-29-53)49-22-36-57-58-37-23-50(42-62(58)70-61(57)41-49)46-16-30-54(31-17-46)65(52-26-11-44(12-27-52)13-38-63(66)67-2)56-34-20-48(21-35-56)60-8-5-40-69-60/h4-5,7-12,14-37,39-42H,3,6,13,38H2,1-2H3. The Morgan fingerprint density at radius 2 is 0.786 bits per heavy atom. The molecule has 7 heteroatoms. The van der Waals surface area contributed by atoms with Crippen LogP contribution in [0.1, 0.15) is 30.9 Å². The first kappa shape index (κ1) is 44.9. The predicted octanol–water partition coefficient (Wildman–Crippen LogP) is 18.8. The maximum Gasteiger partial charge on any atom is 0.305 e. The maximum absolute atomic E-state index is 11.8. The van der Waals surface area contributed by atoms with Crippen LogP contribution in [0, 0.1) is 0 Å². The van der Waals surface area contributed by atoms with Gasteiger partial charge in [-0.1, -0.05) is 123 Å². The van der Waals surface area contributed by atoms with Crippen molar-refractivity contribution in [2.24, 2.45) is 0 Å². The molecule has 0 aliphatic rings. The molecule has 11 rings (SSSR count). The van der Waals surface area contributed by atoms with E-state index in [1.807, 2.05) is 11.3 Å². The lowest BCUT2D eigenvalue weighted by Gasteiger charge is -2.26. The summed E-state index contributed by atoms with van der Waals surface area (Å²) in [5.41, 5.74) is 16.2. The number of rotatable bonds is 15. The third-order valence-electron chi connectivity index (χ3n) is 13.0. The molecule has 11 aromatic rings. The van der Waals surface area contributed by atoms with E-state index in [0.29, 0.717) is 12.8 Å². The molecule has 0 spiro atoms. The summed E-state index contributed by atoms with van der Waals surface area (Å²) in [7, 11) is 1.44. The number of ether oxygens (including phenoxy) is 1. The molecule has 0 N–H and O–H groups in total. The van der Waals surface area contributed by atoms with Crippen LogP contribution in [-0.2, 0) is 22.4 Å². The Morgan fingerprint density at radius 3 is 1.14 bits per heavy atom. The van der Waals surface area contributed by atoms with Crippen molar-refractivity contribution in [3.63, 3.8) is 0 Å². The molecule has 0 aliphatic carbocycles. The van der Waals surface area contributed by atoms with Crippen LogP contribution in [-0.4, -0.2) is 13.1 Å².